The molecular weight excluding hydrogens is 330 g/mol. The molecule has 0 bridgehead atoms. The van der Waals surface area contributed by atoms with E-state index in [0.29, 0.717) is 25.1 Å². The van der Waals surface area contributed by atoms with Crippen LogP contribution < -0.4 is 15.4 Å². The first-order chi connectivity index (χ1) is 12.3. The third kappa shape index (κ3) is 3.84. The number of hydrogen-bond donors (Lipinski definition) is 3. The van der Waals surface area contributed by atoms with Crippen LogP contribution in [0.1, 0.15) is 51.0 Å². The van der Waals surface area contributed by atoms with Gasteiger partial charge in [-0.05, 0) is 37.0 Å². The Bertz CT molecular complexity index is 819. The van der Waals surface area contributed by atoms with E-state index in [2.05, 4.69) is 36.4 Å². The van der Waals surface area contributed by atoms with Crippen molar-refractivity contribution in [1.82, 2.24) is 15.6 Å². The van der Waals surface area contributed by atoms with Gasteiger partial charge in [0.15, 0.2) is 0 Å². The summed E-state index contributed by atoms with van der Waals surface area (Å²) in [6.45, 7) is 8.75. The smallest absolute Gasteiger partial charge is 0.268 e. The van der Waals surface area contributed by atoms with Gasteiger partial charge in [0.25, 0.3) is 5.91 Å². The summed E-state index contributed by atoms with van der Waals surface area (Å²) in [5.74, 6) is 0.663. The Morgan fingerprint density at radius 1 is 1.31 bits per heavy atom. The van der Waals surface area contributed by atoms with Crippen molar-refractivity contribution in [3.63, 3.8) is 0 Å². The summed E-state index contributed by atoms with van der Waals surface area (Å²) in [4.78, 5) is 27.7. The number of carbonyl (C=O) groups excluding carboxylic acids is 2. The molecule has 1 aliphatic rings. The number of H-pyrrole nitrogens is 1. The molecule has 0 radical (unpaired) electrons. The lowest BCUT2D eigenvalue weighted by atomic mass is 9.78. The quantitative estimate of drug-likeness (QED) is 0.786. The molecule has 6 heteroatoms. The molecule has 140 valence electrons. The number of hydrogen-bond acceptors (Lipinski definition) is 3. The van der Waals surface area contributed by atoms with Crippen LogP contribution in [0.15, 0.2) is 24.3 Å². The fourth-order valence-electron chi connectivity index (χ4n) is 3.51. The fraction of sp³-hybridized carbons (Fsp3) is 0.500. The molecule has 2 atom stereocenters. The number of fused-ring (bicyclic) bond motifs is 1. The minimum atomic E-state index is -0.158. The van der Waals surface area contributed by atoms with Gasteiger partial charge in [-0.15, -0.1) is 0 Å². The van der Waals surface area contributed by atoms with Crippen LogP contribution in [0.25, 0.3) is 10.9 Å². The Morgan fingerprint density at radius 2 is 2.08 bits per heavy atom. The lowest BCUT2D eigenvalue weighted by Gasteiger charge is -2.40. The highest BCUT2D eigenvalue weighted by atomic mass is 16.5. The number of carbonyl (C=O) groups is 2. The van der Waals surface area contributed by atoms with Gasteiger partial charge in [-0.1, -0.05) is 20.8 Å². The van der Waals surface area contributed by atoms with Gasteiger partial charge in [-0.25, -0.2) is 0 Å². The molecule has 1 aromatic carbocycles. The van der Waals surface area contributed by atoms with E-state index < -0.39 is 0 Å². The maximum absolute atomic E-state index is 12.8. The van der Waals surface area contributed by atoms with Gasteiger partial charge in [0.1, 0.15) is 11.4 Å². The summed E-state index contributed by atoms with van der Waals surface area (Å²) in [5.41, 5.74) is 1.24. The summed E-state index contributed by atoms with van der Waals surface area (Å²) in [5, 5.41) is 7.09. The van der Waals surface area contributed by atoms with Crippen molar-refractivity contribution in [1.29, 1.82) is 0 Å². The van der Waals surface area contributed by atoms with Crippen LogP contribution in [-0.2, 0) is 4.79 Å². The standard InChI is InChI=1S/C20H27N3O3/c1-5-26-13-7-6-12-10-16(21-15(12)11-13)19(25)22-14-8-9-17(24)23-18(14)20(2,3)4/h6-7,10-11,14,18,21H,5,8-9H2,1-4H3,(H,22,25)(H,23,24)/t14-,18-/m1/s1. The average molecular weight is 357 g/mol. The molecule has 0 unspecified atom stereocenters. The molecule has 3 rings (SSSR count). The van der Waals surface area contributed by atoms with Gasteiger partial charge in [-0.2, -0.15) is 0 Å². The van der Waals surface area contributed by atoms with Crippen molar-refractivity contribution in [3.05, 3.63) is 30.0 Å². The first kappa shape index (κ1) is 18.3. The molecule has 1 saturated heterocycles. The van der Waals surface area contributed by atoms with E-state index in [-0.39, 0.29) is 29.3 Å². The summed E-state index contributed by atoms with van der Waals surface area (Å²) in [6.07, 6.45) is 1.08. The van der Waals surface area contributed by atoms with E-state index in [9.17, 15) is 9.59 Å². The monoisotopic (exact) mass is 357 g/mol. The highest BCUT2D eigenvalue weighted by Crippen LogP contribution is 2.27. The van der Waals surface area contributed by atoms with Crippen molar-refractivity contribution in [2.45, 2.75) is 52.6 Å². The maximum atomic E-state index is 12.8. The summed E-state index contributed by atoms with van der Waals surface area (Å²) in [7, 11) is 0. The molecule has 2 aromatic rings. The molecule has 2 heterocycles. The zero-order valence-electron chi connectivity index (χ0n) is 15.8. The van der Waals surface area contributed by atoms with Crippen LogP contribution >= 0.6 is 0 Å². The molecular formula is C20H27N3O3. The van der Waals surface area contributed by atoms with Crippen LogP contribution in [-0.4, -0.2) is 35.5 Å². The molecule has 0 spiro atoms. The van der Waals surface area contributed by atoms with Gasteiger partial charge in [0, 0.05) is 23.4 Å². The van der Waals surface area contributed by atoms with Crippen LogP contribution in [0, 0.1) is 5.41 Å². The Kier molecular flexibility index (Phi) is 4.94. The number of benzene rings is 1. The van der Waals surface area contributed by atoms with E-state index in [1.165, 1.54) is 0 Å². The molecule has 1 aliphatic heterocycles. The van der Waals surface area contributed by atoms with Crippen molar-refractivity contribution in [2.75, 3.05) is 6.61 Å². The topological polar surface area (TPSA) is 83.2 Å². The molecule has 1 fully saturated rings. The third-order valence-electron chi connectivity index (χ3n) is 4.80. The van der Waals surface area contributed by atoms with Gasteiger partial charge < -0.3 is 20.4 Å². The Labute approximate surface area is 153 Å². The summed E-state index contributed by atoms with van der Waals surface area (Å²) in [6, 6.07) is 7.38. The summed E-state index contributed by atoms with van der Waals surface area (Å²) >= 11 is 0. The van der Waals surface area contributed by atoms with Crippen molar-refractivity contribution < 1.29 is 14.3 Å². The highest BCUT2D eigenvalue weighted by Gasteiger charge is 2.37. The Morgan fingerprint density at radius 3 is 2.77 bits per heavy atom. The minimum Gasteiger partial charge on any atom is -0.494 e. The van der Waals surface area contributed by atoms with E-state index in [4.69, 9.17) is 4.74 Å². The number of piperidine rings is 1. The van der Waals surface area contributed by atoms with Crippen molar-refractivity contribution >= 4 is 22.7 Å². The average Bonchev–Trinajstić information content (AvgIpc) is 2.99. The second kappa shape index (κ2) is 7.02. The van der Waals surface area contributed by atoms with Crippen LogP contribution in [0.4, 0.5) is 0 Å². The molecule has 0 aliphatic carbocycles. The fourth-order valence-corrected chi connectivity index (χ4v) is 3.51. The van der Waals surface area contributed by atoms with Gasteiger partial charge in [-0.3, -0.25) is 9.59 Å². The maximum Gasteiger partial charge on any atom is 0.268 e. The van der Waals surface area contributed by atoms with E-state index in [1.807, 2.05) is 31.2 Å². The second-order valence-corrected chi connectivity index (χ2v) is 7.89. The van der Waals surface area contributed by atoms with Crippen LogP contribution in [0.5, 0.6) is 5.75 Å². The zero-order valence-corrected chi connectivity index (χ0v) is 15.8. The number of amides is 2. The van der Waals surface area contributed by atoms with Crippen molar-refractivity contribution in [3.8, 4) is 5.75 Å². The van der Waals surface area contributed by atoms with Gasteiger partial charge in [0.2, 0.25) is 5.91 Å². The Balaban J connectivity index is 1.78. The zero-order chi connectivity index (χ0) is 18.9. The first-order valence-electron chi connectivity index (χ1n) is 9.13. The molecule has 3 N–H and O–H groups in total. The minimum absolute atomic E-state index is 0.0458. The number of nitrogens with one attached hydrogen (secondary N) is 3. The number of aromatic nitrogens is 1. The van der Waals surface area contributed by atoms with Crippen LogP contribution in [0.2, 0.25) is 0 Å². The third-order valence-corrected chi connectivity index (χ3v) is 4.80. The predicted molar refractivity (Wildman–Crippen MR) is 101 cm³/mol. The SMILES string of the molecule is CCOc1ccc2cc(C(=O)N[C@@H]3CCC(=O)N[C@H]3C(C)(C)C)[nH]c2c1. The molecule has 1 aromatic heterocycles. The highest BCUT2D eigenvalue weighted by molar-refractivity contribution is 5.98. The number of ether oxygens (including phenoxy) is 1. The number of aromatic amines is 1. The van der Waals surface area contributed by atoms with E-state index in [1.54, 1.807) is 0 Å². The molecule has 2 amide bonds. The van der Waals surface area contributed by atoms with Gasteiger partial charge in [0.05, 0.1) is 18.7 Å². The molecule has 26 heavy (non-hydrogen) atoms. The normalized spacial score (nSPS) is 20.7. The van der Waals surface area contributed by atoms with Crippen LogP contribution in [0.3, 0.4) is 0 Å². The van der Waals surface area contributed by atoms with E-state index in [0.717, 1.165) is 16.7 Å². The number of rotatable bonds is 4. The molecule has 0 saturated carbocycles. The lowest BCUT2D eigenvalue weighted by molar-refractivity contribution is -0.125. The first-order valence-corrected chi connectivity index (χ1v) is 9.13. The van der Waals surface area contributed by atoms with Gasteiger partial charge >= 0.3 is 0 Å². The molecule has 6 nitrogen and oxygen atoms in total. The van der Waals surface area contributed by atoms with E-state index >= 15 is 0 Å². The lowest BCUT2D eigenvalue weighted by Crippen LogP contribution is -2.60. The second-order valence-electron chi connectivity index (χ2n) is 7.89. The Hall–Kier alpha value is -2.50. The van der Waals surface area contributed by atoms with Crippen molar-refractivity contribution in [2.24, 2.45) is 5.41 Å². The summed E-state index contributed by atoms with van der Waals surface area (Å²) < 4.78 is 5.51. The largest absolute Gasteiger partial charge is 0.494 e. The predicted octanol–water partition coefficient (Wildman–Crippen LogP) is 2.99.